The van der Waals surface area contributed by atoms with E-state index >= 15 is 0 Å². The number of hydrogen-bond acceptors (Lipinski definition) is 6. The Morgan fingerprint density at radius 2 is 1.93 bits per heavy atom. The molecule has 0 aliphatic heterocycles. The smallest absolute Gasteiger partial charge is 0.309 e. The van der Waals surface area contributed by atoms with E-state index < -0.39 is 37.3 Å². The summed E-state index contributed by atoms with van der Waals surface area (Å²) in [6, 6.07) is 4.09. The topological polar surface area (TPSA) is 87.9 Å². The predicted octanol–water partition coefficient (Wildman–Crippen LogP) is 4.85. The minimum absolute atomic E-state index is 0.0345. The summed E-state index contributed by atoms with van der Waals surface area (Å²) in [5, 5.41) is 11.5. The Kier molecular flexibility index (Phi) is 9.69. The Balaban J connectivity index is 3.10. The van der Waals surface area contributed by atoms with Crippen LogP contribution in [0.4, 0.5) is 0 Å². The third-order valence-electron chi connectivity index (χ3n) is 4.28. The van der Waals surface area contributed by atoms with Crippen molar-refractivity contribution in [2.45, 2.75) is 38.5 Å². The average Bonchev–Trinajstić information content (AvgIpc) is 2.60. The first-order valence-electron chi connectivity index (χ1n) is 8.86. The molecule has 28 heavy (non-hydrogen) atoms. The highest BCUT2D eigenvalue weighted by Gasteiger charge is 2.35. The Bertz CT molecular complexity index is 695. The standard InChI is InChI=1S/C18H27Cl2NO6Si/c1-12(18(22)25-2)13(10-21(23)24)16-15(7-6-14(19)17(16)20)27-11-26-8-9-28(3,4)5/h6-7,12-13H,8-11H2,1-5H3. The van der Waals surface area contributed by atoms with Crippen molar-refractivity contribution in [1.82, 2.24) is 0 Å². The van der Waals surface area contributed by atoms with E-state index in [0.29, 0.717) is 17.9 Å². The van der Waals surface area contributed by atoms with Crippen molar-refractivity contribution in [2.24, 2.45) is 5.92 Å². The van der Waals surface area contributed by atoms with Crippen LogP contribution in [-0.4, -0.2) is 46.0 Å². The maximum Gasteiger partial charge on any atom is 0.309 e. The van der Waals surface area contributed by atoms with E-state index in [0.717, 1.165) is 6.04 Å². The van der Waals surface area contributed by atoms with Crippen molar-refractivity contribution in [2.75, 3.05) is 27.1 Å². The van der Waals surface area contributed by atoms with Crippen LogP contribution in [0, 0.1) is 16.0 Å². The molecule has 7 nitrogen and oxygen atoms in total. The van der Waals surface area contributed by atoms with E-state index in [-0.39, 0.29) is 16.8 Å². The number of benzene rings is 1. The molecule has 0 radical (unpaired) electrons. The molecule has 0 amide bonds. The molecule has 10 heteroatoms. The van der Waals surface area contributed by atoms with Gasteiger partial charge in [0.1, 0.15) is 5.75 Å². The van der Waals surface area contributed by atoms with Gasteiger partial charge in [0.05, 0.1) is 29.0 Å². The third-order valence-corrected chi connectivity index (χ3v) is 6.80. The van der Waals surface area contributed by atoms with Crippen molar-refractivity contribution < 1.29 is 23.9 Å². The monoisotopic (exact) mass is 451 g/mol. The van der Waals surface area contributed by atoms with Gasteiger partial charge in [0.15, 0.2) is 6.79 Å². The number of carbonyl (C=O) groups is 1. The SMILES string of the molecule is COC(=O)C(C)C(C[N+](=O)[O-])c1c(OCOCC[Si](C)(C)C)ccc(Cl)c1Cl. The number of ether oxygens (including phenoxy) is 3. The van der Waals surface area contributed by atoms with E-state index in [2.05, 4.69) is 19.6 Å². The molecule has 0 heterocycles. The molecule has 0 N–H and O–H groups in total. The van der Waals surface area contributed by atoms with Gasteiger partial charge in [0, 0.05) is 25.2 Å². The van der Waals surface area contributed by atoms with Crippen molar-refractivity contribution in [3.63, 3.8) is 0 Å². The van der Waals surface area contributed by atoms with Gasteiger partial charge in [-0.3, -0.25) is 14.9 Å². The number of hydrogen-bond donors (Lipinski definition) is 0. The highest BCUT2D eigenvalue weighted by atomic mass is 35.5. The Morgan fingerprint density at radius 1 is 1.29 bits per heavy atom. The zero-order valence-corrected chi connectivity index (χ0v) is 19.3. The van der Waals surface area contributed by atoms with Crippen LogP contribution in [-0.2, 0) is 14.3 Å². The molecule has 1 aromatic rings. The number of nitro groups is 1. The van der Waals surface area contributed by atoms with E-state index in [1.807, 2.05) is 0 Å². The number of carbonyl (C=O) groups excluding carboxylic acids is 1. The van der Waals surface area contributed by atoms with Crippen LogP contribution in [0.1, 0.15) is 18.4 Å². The number of rotatable bonds is 11. The lowest BCUT2D eigenvalue weighted by Gasteiger charge is -2.23. The van der Waals surface area contributed by atoms with E-state index in [9.17, 15) is 14.9 Å². The summed E-state index contributed by atoms with van der Waals surface area (Å²) in [7, 11) is 0.000281. The van der Waals surface area contributed by atoms with E-state index in [1.54, 1.807) is 13.0 Å². The summed E-state index contributed by atoms with van der Waals surface area (Å²) < 4.78 is 16.0. The van der Waals surface area contributed by atoms with Gasteiger partial charge in [0.2, 0.25) is 6.54 Å². The fourth-order valence-electron chi connectivity index (χ4n) is 2.57. The van der Waals surface area contributed by atoms with Crippen LogP contribution in [0.15, 0.2) is 12.1 Å². The summed E-state index contributed by atoms with van der Waals surface area (Å²) in [6.45, 7) is 8.27. The molecule has 2 unspecified atom stereocenters. The van der Waals surface area contributed by atoms with Gasteiger partial charge < -0.3 is 14.2 Å². The molecule has 0 aliphatic carbocycles. The van der Waals surface area contributed by atoms with Crippen LogP contribution in [0.3, 0.4) is 0 Å². The minimum Gasteiger partial charge on any atom is -0.469 e. The largest absolute Gasteiger partial charge is 0.469 e. The van der Waals surface area contributed by atoms with Gasteiger partial charge in [-0.15, -0.1) is 0 Å². The number of nitrogens with zero attached hydrogens (tertiary/aromatic N) is 1. The molecule has 0 aromatic heterocycles. The van der Waals surface area contributed by atoms with Gasteiger partial charge in [-0.1, -0.05) is 49.8 Å². The maximum absolute atomic E-state index is 12.0. The van der Waals surface area contributed by atoms with Crippen LogP contribution < -0.4 is 4.74 Å². The molecular formula is C18H27Cl2NO6Si. The molecule has 1 aromatic carbocycles. The fourth-order valence-corrected chi connectivity index (χ4v) is 3.79. The summed E-state index contributed by atoms with van der Waals surface area (Å²) >= 11 is 12.5. The molecule has 1 rings (SSSR count). The van der Waals surface area contributed by atoms with Crippen molar-refractivity contribution >= 4 is 37.2 Å². The van der Waals surface area contributed by atoms with Gasteiger partial charge in [-0.25, -0.2) is 0 Å². The lowest BCUT2D eigenvalue weighted by atomic mass is 9.86. The van der Waals surface area contributed by atoms with Crippen LogP contribution in [0.5, 0.6) is 5.75 Å². The highest BCUT2D eigenvalue weighted by molar-refractivity contribution is 6.76. The highest BCUT2D eigenvalue weighted by Crippen LogP contribution is 2.41. The van der Waals surface area contributed by atoms with Gasteiger partial charge in [0.25, 0.3) is 0 Å². The molecular weight excluding hydrogens is 425 g/mol. The second-order valence-electron chi connectivity index (χ2n) is 7.69. The number of methoxy groups -OCH3 is 1. The molecule has 0 aliphatic rings. The van der Waals surface area contributed by atoms with Crippen LogP contribution >= 0.6 is 23.2 Å². The van der Waals surface area contributed by atoms with Crippen molar-refractivity contribution in [3.8, 4) is 5.75 Å². The molecule has 0 saturated carbocycles. The second-order valence-corrected chi connectivity index (χ2v) is 14.1. The Hall–Kier alpha value is -1.35. The first-order valence-corrected chi connectivity index (χ1v) is 13.3. The molecule has 0 spiro atoms. The summed E-state index contributed by atoms with van der Waals surface area (Å²) in [5.74, 6) is -1.97. The molecule has 158 valence electrons. The van der Waals surface area contributed by atoms with Gasteiger partial charge in [-0.2, -0.15) is 0 Å². The second kappa shape index (κ2) is 11.0. The Labute approximate surface area is 176 Å². The normalized spacial score (nSPS) is 13.7. The quantitative estimate of drug-likeness (QED) is 0.119. The first kappa shape index (κ1) is 24.7. The predicted molar refractivity (Wildman–Crippen MR) is 112 cm³/mol. The molecule has 0 fully saturated rings. The van der Waals surface area contributed by atoms with Crippen molar-refractivity contribution in [3.05, 3.63) is 37.9 Å². The zero-order chi connectivity index (χ0) is 21.5. The fraction of sp³-hybridized carbons (Fsp3) is 0.611. The van der Waals surface area contributed by atoms with Gasteiger partial charge >= 0.3 is 5.97 Å². The van der Waals surface area contributed by atoms with E-state index in [1.165, 1.54) is 13.2 Å². The summed E-state index contributed by atoms with van der Waals surface area (Å²) in [6.07, 6.45) is 0. The molecule has 0 bridgehead atoms. The summed E-state index contributed by atoms with van der Waals surface area (Å²) in [5.41, 5.74) is 0.303. The Morgan fingerprint density at radius 3 is 2.46 bits per heavy atom. The van der Waals surface area contributed by atoms with E-state index in [4.69, 9.17) is 37.4 Å². The lowest BCUT2D eigenvalue weighted by molar-refractivity contribution is -0.484. The van der Waals surface area contributed by atoms with Crippen molar-refractivity contribution in [1.29, 1.82) is 0 Å². The minimum atomic E-state index is -1.23. The third kappa shape index (κ3) is 7.58. The number of esters is 1. The zero-order valence-electron chi connectivity index (χ0n) is 16.8. The van der Waals surface area contributed by atoms with Crippen LogP contribution in [0.25, 0.3) is 0 Å². The molecule has 2 atom stereocenters. The molecule has 0 saturated heterocycles. The lowest BCUT2D eigenvalue weighted by Crippen LogP contribution is -2.27. The first-order chi connectivity index (χ1) is 13.0. The average molecular weight is 452 g/mol. The van der Waals surface area contributed by atoms with Crippen LogP contribution in [0.2, 0.25) is 35.7 Å². The summed E-state index contributed by atoms with van der Waals surface area (Å²) in [4.78, 5) is 22.7. The van der Waals surface area contributed by atoms with Gasteiger partial charge in [-0.05, 0) is 18.2 Å². The number of halogens is 2. The maximum atomic E-state index is 12.0.